The first-order valence-corrected chi connectivity index (χ1v) is 21.7. The molecule has 3 N–H and O–H groups in total. The van der Waals surface area contributed by atoms with Crippen molar-refractivity contribution in [2.24, 2.45) is 11.8 Å². The van der Waals surface area contributed by atoms with Gasteiger partial charge in [-0.1, -0.05) is 153 Å². The lowest BCUT2D eigenvalue weighted by Crippen LogP contribution is -2.27. The van der Waals surface area contributed by atoms with Crippen LogP contribution >= 0.6 is 0 Å². The topological polar surface area (TPSA) is 119 Å². The Morgan fingerprint density at radius 2 is 0.831 bits per heavy atom. The van der Waals surface area contributed by atoms with Crippen LogP contribution in [0.15, 0.2) is 188 Å². The van der Waals surface area contributed by atoms with Gasteiger partial charge in [-0.15, -0.1) is 0 Å². The number of nitrogens with zero attached hydrogens (tertiary/aromatic N) is 2. The molecule has 0 bridgehead atoms. The minimum atomic E-state index is -0.388. The number of nitrogens with one attached hydrogen (secondary N) is 2. The maximum Gasteiger partial charge on any atom is 0.253 e. The minimum Gasteiger partial charge on any atom is -0.337 e. The first-order chi connectivity index (χ1) is 31.5. The SMILES string of the molecule is CC(Cc1ccc(-c2cccc(CN(C)C(=O)c3ccccc3)c2)cc1)C(=O)NO.CC(Cc1ccc(-c2cccc(CN(C)C(=O)c3ccccc3)c2)cc1)C(=O)Nc1ccccc1. The van der Waals surface area contributed by atoms with E-state index in [2.05, 4.69) is 47.8 Å². The van der Waals surface area contributed by atoms with Crippen LogP contribution in [0.3, 0.4) is 0 Å². The van der Waals surface area contributed by atoms with Crippen LogP contribution in [0.1, 0.15) is 56.8 Å². The third kappa shape index (κ3) is 13.7. The van der Waals surface area contributed by atoms with Gasteiger partial charge >= 0.3 is 0 Å². The van der Waals surface area contributed by atoms with E-state index < -0.39 is 0 Å². The van der Waals surface area contributed by atoms with Crippen LogP contribution in [-0.2, 0) is 35.5 Å². The van der Waals surface area contributed by atoms with Crippen molar-refractivity contribution in [2.45, 2.75) is 39.8 Å². The van der Waals surface area contributed by atoms with E-state index in [0.717, 1.165) is 50.2 Å². The molecule has 9 heteroatoms. The molecule has 0 aliphatic heterocycles. The van der Waals surface area contributed by atoms with Gasteiger partial charge in [0, 0.05) is 55.8 Å². The number of rotatable bonds is 15. The number of para-hydroxylation sites is 1. The minimum absolute atomic E-state index is 0.00535. The molecule has 0 spiro atoms. The Morgan fingerprint density at radius 3 is 1.23 bits per heavy atom. The largest absolute Gasteiger partial charge is 0.337 e. The molecule has 0 saturated carbocycles. The fraction of sp³-hybridized carbons (Fsp3) is 0.179. The molecule has 65 heavy (non-hydrogen) atoms. The maximum absolute atomic E-state index is 12.7. The Hall–Kier alpha value is -7.62. The molecule has 0 aromatic heterocycles. The van der Waals surface area contributed by atoms with Crippen LogP contribution in [0.4, 0.5) is 5.69 Å². The predicted octanol–water partition coefficient (Wildman–Crippen LogP) is 10.8. The highest BCUT2D eigenvalue weighted by molar-refractivity contribution is 5.95. The van der Waals surface area contributed by atoms with E-state index in [9.17, 15) is 19.2 Å². The normalized spacial score (nSPS) is 11.5. The van der Waals surface area contributed by atoms with Gasteiger partial charge in [-0.25, -0.2) is 5.48 Å². The van der Waals surface area contributed by atoms with E-state index in [1.807, 2.05) is 160 Å². The summed E-state index contributed by atoms with van der Waals surface area (Å²) >= 11 is 0. The number of hydrogen-bond donors (Lipinski definition) is 3. The average Bonchev–Trinajstić information content (AvgIpc) is 3.34. The fourth-order valence-electron chi connectivity index (χ4n) is 7.45. The summed E-state index contributed by atoms with van der Waals surface area (Å²) in [5, 5.41) is 11.7. The summed E-state index contributed by atoms with van der Waals surface area (Å²) < 4.78 is 0. The number of carbonyl (C=O) groups excluding carboxylic acids is 4. The molecule has 0 fully saturated rings. The van der Waals surface area contributed by atoms with Gasteiger partial charge in [-0.3, -0.25) is 24.4 Å². The molecule has 7 aromatic rings. The summed E-state index contributed by atoms with van der Waals surface area (Å²) in [4.78, 5) is 52.7. The van der Waals surface area contributed by atoms with E-state index in [1.165, 1.54) is 0 Å². The number of carbonyl (C=O) groups is 4. The zero-order valence-electron chi connectivity index (χ0n) is 37.4. The van der Waals surface area contributed by atoms with E-state index in [4.69, 9.17) is 5.21 Å². The predicted molar refractivity (Wildman–Crippen MR) is 259 cm³/mol. The van der Waals surface area contributed by atoms with Crippen molar-refractivity contribution in [3.05, 3.63) is 221 Å². The molecule has 0 heterocycles. The number of anilines is 1. The third-order valence-corrected chi connectivity index (χ3v) is 11.1. The molecule has 0 saturated heterocycles. The number of amides is 4. The van der Waals surface area contributed by atoms with Gasteiger partial charge in [0.2, 0.25) is 11.8 Å². The first-order valence-electron chi connectivity index (χ1n) is 21.7. The molecule has 0 aliphatic rings. The molecule has 0 aliphatic carbocycles. The third-order valence-electron chi connectivity index (χ3n) is 11.1. The van der Waals surface area contributed by atoms with Crippen LogP contribution in [0.2, 0.25) is 0 Å². The number of benzene rings is 7. The zero-order valence-corrected chi connectivity index (χ0v) is 37.4. The van der Waals surface area contributed by atoms with Crippen LogP contribution < -0.4 is 10.8 Å². The van der Waals surface area contributed by atoms with Gasteiger partial charge in [0.25, 0.3) is 11.8 Å². The number of hydroxylamine groups is 1. The lowest BCUT2D eigenvalue weighted by Gasteiger charge is -2.18. The summed E-state index contributed by atoms with van der Waals surface area (Å²) in [5.41, 5.74) is 12.5. The van der Waals surface area contributed by atoms with Gasteiger partial charge < -0.3 is 15.1 Å². The molecular weight excluding hydrogens is 809 g/mol. The molecule has 2 atom stereocenters. The highest BCUT2D eigenvalue weighted by atomic mass is 16.5. The second-order valence-corrected chi connectivity index (χ2v) is 16.4. The van der Waals surface area contributed by atoms with Crippen molar-refractivity contribution in [2.75, 3.05) is 19.4 Å². The quantitative estimate of drug-likeness (QED) is 0.0701. The molecule has 7 aromatic carbocycles. The van der Waals surface area contributed by atoms with Crippen LogP contribution in [0, 0.1) is 11.8 Å². The summed E-state index contributed by atoms with van der Waals surface area (Å²) in [7, 11) is 3.63. The van der Waals surface area contributed by atoms with Crippen molar-refractivity contribution in [1.82, 2.24) is 15.3 Å². The maximum atomic E-state index is 12.7. The van der Waals surface area contributed by atoms with Crippen molar-refractivity contribution in [1.29, 1.82) is 0 Å². The lowest BCUT2D eigenvalue weighted by atomic mass is 9.97. The first kappa shape index (κ1) is 46.9. The molecule has 2 unspecified atom stereocenters. The summed E-state index contributed by atoms with van der Waals surface area (Å²) in [6.07, 6.45) is 1.23. The van der Waals surface area contributed by atoms with Gasteiger partial charge in [-0.05, 0) is 106 Å². The average molecular weight is 865 g/mol. The van der Waals surface area contributed by atoms with Crippen molar-refractivity contribution >= 4 is 29.3 Å². The lowest BCUT2D eigenvalue weighted by molar-refractivity contribution is -0.132. The van der Waals surface area contributed by atoms with Gasteiger partial charge in [0.1, 0.15) is 0 Å². The van der Waals surface area contributed by atoms with Crippen molar-refractivity contribution in [3.8, 4) is 22.3 Å². The second kappa shape index (κ2) is 23.2. The van der Waals surface area contributed by atoms with Crippen molar-refractivity contribution in [3.63, 3.8) is 0 Å². The fourth-order valence-corrected chi connectivity index (χ4v) is 7.45. The van der Waals surface area contributed by atoms with Gasteiger partial charge in [-0.2, -0.15) is 0 Å². The highest BCUT2D eigenvalue weighted by Crippen LogP contribution is 2.25. The molecule has 7 rings (SSSR count). The van der Waals surface area contributed by atoms with Gasteiger partial charge in [0.05, 0.1) is 0 Å². The zero-order chi connectivity index (χ0) is 46.1. The summed E-state index contributed by atoms with van der Waals surface area (Å²) in [6, 6.07) is 60.9. The molecule has 0 radical (unpaired) electrons. The smallest absolute Gasteiger partial charge is 0.253 e. The summed E-state index contributed by atoms with van der Waals surface area (Å²) in [6.45, 7) is 4.78. The van der Waals surface area contributed by atoms with E-state index >= 15 is 0 Å². The highest BCUT2D eigenvalue weighted by Gasteiger charge is 2.16. The summed E-state index contributed by atoms with van der Waals surface area (Å²) in [5.74, 6) is -0.816. The molecule has 330 valence electrons. The Morgan fingerprint density at radius 1 is 0.446 bits per heavy atom. The monoisotopic (exact) mass is 864 g/mol. The number of hydrogen-bond acceptors (Lipinski definition) is 5. The van der Waals surface area contributed by atoms with Crippen LogP contribution in [0.25, 0.3) is 22.3 Å². The Kier molecular flexibility index (Phi) is 16.7. The Bertz CT molecular complexity index is 2640. The van der Waals surface area contributed by atoms with E-state index in [1.54, 1.807) is 29.3 Å². The van der Waals surface area contributed by atoms with Crippen LogP contribution in [0.5, 0.6) is 0 Å². The standard InChI is InChI=1S/C31H30N2O2.C25H26N2O3/c1-23(30(34)32-29-14-7-4-8-15-29)20-24-16-18-26(19-17-24)28-13-9-10-25(21-28)22-33(2)31(35)27-11-5-3-6-12-27;1-18(24(28)26-30)15-19-11-13-21(14-12-19)23-10-6-7-20(16-23)17-27(2)25(29)22-8-4-3-5-9-22/h3-19,21,23H,20,22H2,1-2H3,(H,32,34);3-14,16,18,30H,15,17H2,1-2H3,(H,26,28). The molecular formula is C56H56N4O5. The van der Waals surface area contributed by atoms with E-state index in [0.29, 0.717) is 37.1 Å². The van der Waals surface area contributed by atoms with E-state index in [-0.39, 0.29) is 35.5 Å². The molecule has 4 amide bonds. The second-order valence-electron chi connectivity index (χ2n) is 16.4. The van der Waals surface area contributed by atoms with Crippen LogP contribution in [-0.4, -0.2) is 52.7 Å². The van der Waals surface area contributed by atoms with Crippen molar-refractivity contribution < 1.29 is 24.4 Å². The van der Waals surface area contributed by atoms with Gasteiger partial charge in [0.15, 0.2) is 0 Å². The Labute approximate surface area is 382 Å². The molecule has 9 nitrogen and oxygen atoms in total. The Balaban J connectivity index is 0.000000218.